The van der Waals surface area contributed by atoms with Gasteiger partial charge in [0.15, 0.2) is 10.8 Å². The molecule has 6 rings (SSSR count). The Bertz CT molecular complexity index is 2550. The molecule has 3 aromatic carbocycles. The molecule has 0 unspecified atom stereocenters. The van der Waals surface area contributed by atoms with Crippen molar-refractivity contribution in [3.05, 3.63) is 94.4 Å². The first-order valence-corrected chi connectivity index (χ1v) is 24.3. The minimum Gasteiger partial charge on any atom is -0.491 e. The number of thiazole rings is 1. The molecule has 2 saturated heterocycles. The highest BCUT2D eigenvalue weighted by atomic mass is 32.1. The zero-order valence-corrected chi connectivity index (χ0v) is 42.4. The number of β-amino-alcohol motifs (C(OH)–C–C–N with tert-alkyl or cyclic N) is 1. The number of carbonyl (C=O) groups excluding carboxylic acids is 4. The molecule has 3 N–H and O–H groups in total. The minimum atomic E-state index is -0.939. The van der Waals surface area contributed by atoms with Gasteiger partial charge in [0.25, 0.3) is 5.91 Å². The number of amides is 4. The van der Waals surface area contributed by atoms with Gasteiger partial charge >= 0.3 is 0 Å². The normalized spacial score (nSPS) is 17.3. The lowest BCUT2D eigenvalue weighted by Gasteiger charge is -2.35. The number of carbonyl (C=O) groups is 4. The van der Waals surface area contributed by atoms with Gasteiger partial charge in [-0.3, -0.25) is 24.1 Å². The number of benzene rings is 3. The van der Waals surface area contributed by atoms with Crippen LogP contribution in [0.1, 0.15) is 71.7 Å². The molecule has 0 spiro atoms. The molecule has 4 aromatic rings. The van der Waals surface area contributed by atoms with Crippen LogP contribution in [-0.4, -0.2) is 114 Å². The van der Waals surface area contributed by atoms with Crippen molar-refractivity contribution in [3.63, 3.8) is 0 Å². The number of thiocarbonyl (C=S) groups is 1. The Kier molecular flexibility index (Phi) is 17.2. The molecule has 69 heavy (non-hydrogen) atoms. The van der Waals surface area contributed by atoms with Crippen LogP contribution in [0.25, 0.3) is 15.3 Å². The Labute approximate surface area is 414 Å². The van der Waals surface area contributed by atoms with Crippen molar-refractivity contribution >= 4 is 69.4 Å². The summed E-state index contributed by atoms with van der Waals surface area (Å²) in [6.07, 6.45) is -0.815. The van der Waals surface area contributed by atoms with Gasteiger partial charge < -0.3 is 44.5 Å². The van der Waals surface area contributed by atoms with Gasteiger partial charge in [-0.25, -0.2) is 9.83 Å². The summed E-state index contributed by atoms with van der Waals surface area (Å²) in [4.78, 5) is 67.6. The summed E-state index contributed by atoms with van der Waals surface area (Å²) in [5.41, 5.74) is 5.38. The molecular weight excluding hydrogens is 919 g/mol. The van der Waals surface area contributed by atoms with Crippen molar-refractivity contribution in [1.82, 2.24) is 20.5 Å². The third kappa shape index (κ3) is 12.4. The van der Waals surface area contributed by atoms with Gasteiger partial charge in [-0.15, -0.1) is 11.3 Å². The van der Waals surface area contributed by atoms with Crippen LogP contribution in [0.2, 0.25) is 0 Å². The smallest absolute Gasteiger partial charge is 0.259 e. The highest BCUT2D eigenvalue weighted by Crippen LogP contribution is 2.38. The van der Waals surface area contributed by atoms with E-state index in [1.165, 1.54) is 21.1 Å². The van der Waals surface area contributed by atoms with E-state index in [0.717, 1.165) is 27.4 Å². The summed E-state index contributed by atoms with van der Waals surface area (Å²) < 4.78 is 23.7. The lowest BCUT2D eigenvalue weighted by Crippen LogP contribution is -2.58. The third-order valence-corrected chi connectivity index (χ3v) is 13.3. The molecule has 0 radical (unpaired) electrons. The third-order valence-electron chi connectivity index (χ3n) is 12.0. The first-order valence-electron chi connectivity index (χ1n) is 23.0. The molecule has 0 aliphatic carbocycles. The predicted molar refractivity (Wildman–Crippen MR) is 270 cm³/mol. The van der Waals surface area contributed by atoms with Gasteiger partial charge in [-0.2, -0.15) is 0 Å². The maximum absolute atomic E-state index is 13.9. The van der Waals surface area contributed by atoms with E-state index in [4.69, 9.17) is 37.7 Å². The first-order chi connectivity index (χ1) is 32.7. The SMILES string of the molecule is [C-]#[N+]c1ccc(N2C(=O)C(C)(C)N(c3ccc(OCCOCCOCCOc4cc(-c5scnc5C)ccc4CNC(=O)[C@@H]4C[C@@H](O)CN4C(=O)[C@@H](NC(=O)C(C)C)C(C)(C)C)cc3)C2=S)cc1C. The van der Waals surface area contributed by atoms with Crippen molar-refractivity contribution < 1.29 is 43.2 Å². The average molecular weight is 982 g/mol. The van der Waals surface area contributed by atoms with Gasteiger partial charge in [-0.1, -0.05) is 52.8 Å². The summed E-state index contributed by atoms with van der Waals surface area (Å²) in [5, 5.41) is 16.8. The lowest BCUT2D eigenvalue weighted by molar-refractivity contribution is -0.144. The fourth-order valence-electron chi connectivity index (χ4n) is 8.09. The molecule has 2 aliphatic rings. The summed E-state index contributed by atoms with van der Waals surface area (Å²) in [6.45, 7) is 25.7. The monoisotopic (exact) mass is 981 g/mol. The largest absolute Gasteiger partial charge is 0.491 e. The van der Waals surface area contributed by atoms with Crippen LogP contribution < -0.4 is 29.9 Å². The van der Waals surface area contributed by atoms with Gasteiger partial charge in [0.1, 0.15) is 42.3 Å². The molecule has 2 aliphatic heterocycles. The van der Waals surface area contributed by atoms with E-state index in [9.17, 15) is 24.3 Å². The Balaban J connectivity index is 0.960. The van der Waals surface area contributed by atoms with E-state index in [0.29, 0.717) is 60.0 Å². The van der Waals surface area contributed by atoms with Crippen LogP contribution in [0.5, 0.6) is 11.5 Å². The molecule has 3 heterocycles. The number of rotatable bonds is 20. The van der Waals surface area contributed by atoms with Crippen LogP contribution >= 0.6 is 23.6 Å². The van der Waals surface area contributed by atoms with Crippen LogP contribution in [0, 0.1) is 31.8 Å². The molecule has 2 fully saturated rings. The molecule has 0 bridgehead atoms. The number of nitrogens with zero attached hydrogens (tertiary/aromatic N) is 5. The molecule has 1 aromatic heterocycles. The molecule has 16 nitrogen and oxygen atoms in total. The highest BCUT2D eigenvalue weighted by molar-refractivity contribution is 7.81. The van der Waals surface area contributed by atoms with Crippen molar-refractivity contribution in [2.75, 3.05) is 56.0 Å². The number of aliphatic hydroxyl groups is 1. The topological polar surface area (TPSA) is 176 Å². The summed E-state index contributed by atoms with van der Waals surface area (Å²) in [5.74, 6) is -0.414. The molecule has 0 saturated carbocycles. The van der Waals surface area contributed by atoms with Crippen LogP contribution in [0.3, 0.4) is 0 Å². The van der Waals surface area contributed by atoms with E-state index in [-0.39, 0.29) is 50.5 Å². The molecular formula is C51H63N7O9S2. The quantitative estimate of drug-likeness (QED) is 0.0464. The van der Waals surface area contributed by atoms with E-state index in [1.54, 1.807) is 37.6 Å². The maximum Gasteiger partial charge on any atom is 0.259 e. The Morgan fingerprint density at radius 2 is 1.61 bits per heavy atom. The molecule has 368 valence electrons. The lowest BCUT2D eigenvalue weighted by atomic mass is 9.85. The zero-order chi connectivity index (χ0) is 50.2. The molecule has 18 heteroatoms. The average Bonchev–Trinajstić information content (AvgIpc) is 3.97. The van der Waals surface area contributed by atoms with Gasteiger partial charge in [-0.05, 0) is 98.9 Å². The minimum absolute atomic E-state index is 0.0182. The number of aryl methyl sites for hydroxylation is 2. The van der Waals surface area contributed by atoms with Crippen LogP contribution in [0.15, 0.2) is 66.2 Å². The van der Waals surface area contributed by atoms with Gasteiger partial charge in [0.2, 0.25) is 17.7 Å². The van der Waals surface area contributed by atoms with E-state index >= 15 is 0 Å². The summed E-state index contributed by atoms with van der Waals surface area (Å²) in [7, 11) is 0. The summed E-state index contributed by atoms with van der Waals surface area (Å²) in [6, 6.07) is 16.6. The van der Waals surface area contributed by atoms with E-state index < -0.39 is 41.0 Å². The molecule has 3 atom stereocenters. The number of nitrogens with one attached hydrogen (secondary N) is 2. The van der Waals surface area contributed by atoms with E-state index in [2.05, 4.69) is 20.5 Å². The van der Waals surface area contributed by atoms with Gasteiger partial charge in [0.05, 0.1) is 55.2 Å². The fourth-order valence-corrected chi connectivity index (χ4v) is 9.41. The second-order valence-corrected chi connectivity index (χ2v) is 20.2. The van der Waals surface area contributed by atoms with Crippen molar-refractivity contribution in [3.8, 4) is 21.9 Å². The number of hydrogen-bond acceptors (Lipinski definition) is 12. The van der Waals surface area contributed by atoms with Crippen molar-refractivity contribution in [2.24, 2.45) is 11.3 Å². The predicted octanol–water partition coefficient (Wildman–Crippen LogP) is 7.15. The molecule has 4 amide bonds. The highest BCUT2D eigenvalue weighted by Gasteiger charge is 2.50. The van der Waals surface area contributed by atoms with Crippen LogP contribution in [0.4, 0.5) is 17.1 Å². The van der Waals surface area contributed by atoms with Crippen molar-refractivity contribution in [2.45, 2.75) is 99.0 Å². The standard InChI is InChI=1S/C51H63N7O9S2/c1-31(2)45(60)55-44(50(5,6)7)47(62)56-29-38(59)27-41(56)46(61)53-28-35-12-11-34(43-33(4)54-30-69-43)26-42(35)67-24-22-65-20-19-64-21-23-66-39-16-13-36(14-17-39)58-49(68)57(48(63)51(58,8)9)37-15-18-40(52-10)32(3)25-37/h11-18,25-26,30-31,38,41,44,59H,19-24,27-29H2,1-9H3,(H,53,61)(H,55,60)/t38-,41+,44-/m1/s1. The second-order valence-electron chi connectivity index (χ2n) is 19.0. The van der Waals surface area contributed by atoms with Crippen molar-refractivity contribution in [1.29, 1.82) is 0 Å². The number of ether oxygens (including phenoxy) is 4. The fraction of sp³-hybridized carbons (Fsp3) is 0.471. The zero-order valence-electron chi connectivity index (χ0n) is 40.8. The maximum atomic E-state index is 13.9. The number of anilines is 2. The number of aromatic nitrogens is 1. The number of aliphatic hydroxyl groups excluding tert-OH is 1. The van der Waals surface area contributed by atoms with Crippen LogP contribution in [-0.2, 0) is 35.2 Å². The van der Waals surface area contributed by atoms with E-state index in [1.807, 2.05) is 95.8 Å². The van der Waals surface area contributed by atoms with Gasteiger partial charge in [0, 0.05) is 42.4 Å². The Morgan fingerprint density at radius 3 is 2.22 bits per heavy atom. The second kappa shape index (κ2) is 22.6. The number of hydrogen-bond donors (Lipinski definition) is 3. The Morgan fingerprint density at radius 1 is 0.957 bits per heavy atom. The summed E-state index contributed by atoms with van der Waals surface area (Å²) >= 11 is 7.34. The number of likely N-dealkylation sites (tertiary alicyclic amines) is 1. The first kappa shape index (κ1) is 52.4. The Hall–Kier alpha value is -5.97.